The Morgan fingerprint density at radius 2 is 1.69 bits per heavy atom. The maximum Gasteiger partial charge on any atom is 0.0542 e. The van der Waals surface area contributed by atoms with Crippen molar-refractivity contribution in [1.82, 2.24) is 20.1 Å². The lowest BCUT2D eigenvalue weighted by Crippen LogP contribution is -2.45. The topological polar surface area (TPSA) is 34.1 Å². The lowest BCUT2D eigenvalue weighted by atomic mass is 10.1. The zero-order chi connectivity index (χ0) is 18.0. The number of hydrazone groups is 1. The molecule has 2 aliphatic rings. The Labute approximate surface area is 159 Å². The first-order valence-electron chi connectivity index (χ1n) is 10.3. The van der Waals surface area contributed by atoms with E-state index in [1.807, 2.05) is 6.21 Å². The van der Waals surface area contributed by atoms with E-state index >= 15 is 0 Å². The van der Waals surface area contributed by atoms with Gasteiger partial charge >= 0.3 is 0 Å². The summed E-state index contributed by atoms with van der Waals surface area (Å²) in [5.74, 6) is 0. The van der Waals surface area contributed by atoms with Gasteiger partial charge in [0.2, 0.25) is 0 Å². The standard InChI is InChI=1S/C21H35N5/c1-24-14-16-25(17-15-24)11-5-10-22-18-20-6-8-21(9-7-20)19-23-26-12-3-2-4-13-26/h6-9,19,22H,2-5,10-18H2,1H3/b23-19+. The van der Waals surface area contributed by atoms with Gasteiger partial charge in [0.1, 0.15) is 0 Å². The van der Waals surface area contributed by atoms with Crippen LogP contribution in [0.25, 0.3) is 0 Å². The van der Waals surface area contributed by atoms with E-state index in [1.54, 1.807) is 0 Å². The predicted molar refractivity (Wildman–Crippen MR) is 110 cm³/mol. The van der Waals surface area contributed by atoms with Gasteiger partial charge < -0.3 is 15.1 Å². The summed E-state index contributed by atoms with van der Waals surface area (Å²) in [4.78, 5) is 4.99. The second kappa shape index (κ2) is 10.7. The highest BCUT2D eigenvalue weighted by Crippen LogP contribution is 2.09. The van der Waals surface area contributed by atoms with Crippen molar-refractivity contribution in [2.45, 2.75) is 32.2 Å². The summed E-state index contributed by atoms with van der Waals surface area (Å²) in [5, 5.41) is 10.4. The van der Waals surface area contributed by atoms with Gasteiger partial charge in [0, 0.05) is 45.8 Å². The van der Waals surface area contributed by atoms with E-state index in [1.165, 1.54) is 69.5 Å². The van der Waals surface area contributed by atoms with Crippen LogP contribution in [0.15, 0.2) is 29.4 Å². The van der Waals surface area contributed by atoms with E-state index in [4.69, 9.17) is 0 Å². The summed E-state index contributed by atoms with van der Waals surface area (Å²) in [6, 6.07) is 8.78. The van der Waals surface area contributed by atoms with Crippen LogP contribution in [-0.2, 0) is 6.54 Å². The number of rotatable bonds is 8. The molecule has 0 atom stereocenters. The van der Waals surface area contributed by atoms with Crippen LogP contribution in [0.3, 0.4) is 0 Å². The lowest BCUT2D eigenvalue weighted by molar-refractivity contribution is 0.153. The first kappa shape index (κ1) is 19.3. The molecule has 3 rings (SSSR count). The van der Waals surface area contributed by atoms with Gasteiger partial charge in [-0.15, -0.1) is 0 Å². The maximum absolute atomic E-state index is 4.60. The molecule has 0 unspecified atom stereocenters. The first-order chi connectivity index (χ1) is 12.8. The molecule has 0 spiro atoms. The molecular weight excluding hydrogens is 322 g/mol. The Morgan fingerprint density at radius 3 is 2.42 bits per heavy atom. The zero-order valence-electron chi connectivity index (χ0n) is 16.4. The Kier molecular flexibility index (Phi) is 7.92. The van der Waals surface area contributed by atoms with Crippen LogP contribution in [0.4, 0.5) is 0 Å². The number of benzene rings is 1. The number of likely N-dealkylation sites (N-methyl/N-ethyl adjacent to an activating group) is 1. The molecule has 2 aliphatic heterocycles. The molecule has 0 saturated carbocycles. The predicted octanol–water partition coefficient (Wildman–Crippen LogP) is 2.23. The number of hydrogen-bond donors (Lipinski definition) is 1. The van der Waals surface area contributed by atoms with Gasteiger partial charge in [-0.25, -0.2) is 0 Å². The smallest absolute Gasteiger partial charge is 0.0542 e. The number of hydrogen-bond acceptors (Lipinski definition) is 5. The van der Waals surface area contributed by atoms with E-state index in [-0.39, 0.29) is 0 Å². The number of piperazine rings is 1. The minimum atomic E-state index is 0.951. The minimum Gasteiger partial charge on any atom is -0.313 e. The molecule has 0 bridgehead atoms. The second-order valence-corrected chi connectivity index (χ2v) is 7.68. The Bertz CT molecular complexity index is 528. The normalized spacial score (nSPS) is 20.1. The molecule has 5 nitrogen and oxygen atoms in total. The van der Waals surface area contributed by atoms with E-state index in [9.17, 15) is 0 Å². The van der Waals surface area contributed by atoms with Gasteiger partial charge in [0.05, 0.1) is 6.21 Å². The van der Waals surface area contributed by atoms with Crippen molar-refractivity contribution in [2.75, 3.05) is 59.4 Å². The monoisotopic (exact) mass is 357 g/mol. The van der Waals surface area contributed by atoms with Crippen LogP contribution in [-0.4, -0.2) is 80.4 Å². The summed E-state index contributed by atoms with van der Waals surface area (Å²) in [6.45, 7) is 10.3. The molecule has 1 aromatic rings. The van der Waals surface area contributed by atoms with Crippen LogP contribution in [0.1, 0.15) is 36.8 Å². The summed E-state index contributed by atoms with van der Waals surface area (Å²) < 4.78 is 0. The largest absolute Gasteiger partial charge is 0.313 e. The molecule has 144 valence electrons. The Morgan fingerprint density at radius 1 is 0.962 bits per heavy atom. The fraction of sp³-hybridized carbons (Fsp3) is 0.667. The Hall–Kier alpha value is -1.43. The first-order valence-corrected chi connectivity index (χ1v) is 10.3. The second-order valence-electron chi connectivity index (χ2n) is 7.68. The van der Waals surface area contributed by atoms with Crippen molar-refractivity contribution in [3.05, 3.63) is 35.4 Å². The molecule has 2 heterocycles. The molecule has 1 aromatic carbocycles. The lowest BCUT2D eigenvalue weighted by Gasteiger charge is -2.32. The third-order valence-electron chi connectivity index (χ3n) is 5.44. The molecule has 0 radical (unpaired) electrons. The van der Waals surface area contributed by atoms with Crippen molar-refractivity contribution in [1.29, 1.82) is 0 Å². The number of piperidine rings is 1. The van der Waals surface area contributed by atoms with Gasteiger partial charge in [-0.3, -0.25) is 5.01 Å². The van der Waals surface area contributed by atoms with Crippen molar-refractivity contribution < 1.29 is 0 Å². The molecule has 2 saturated heterocycles. The summed E-state index contributed by atoms with van der Waals surface area (Å²) in [7, 11) is 2.21. The van der Waals surface area contributed by atoms with Crippen molar-refractivity contribution in [3.8, 4) is 0 Å². The molecule has 1 N–H and O–H groups in total. The summed E-state index contributed by atoms with van der Waals surface area (Å²) >= 11 is 0. The maximum atomic E-state index is 4.60. The van der Waals surface area contributed by atoms with Gasteiger partial charge in [-0.2, -0.15) is 5.10 Å². The highest BCUT2D eigenvalue weighted by molar-refractivity contribution is 5.79. The van der Waals surface area contributed by atoms with E-state index in [0.717, 1.165) is 26.2 Å². The SMILES string of the molecule is CN1CCN(CCCNCc2ccc(/C=N/N3CCCCC3)cc2)CC1. The highest BCUT2D eigenvalue weighted by atomic mass is 15.4. The van der Waals surface area contributed by atoms with Gasteiger partial charge in [-0.05, 0) is 56.9 Å². The molecular formula is C21H35N5. The quantitative estimate of drug-likeness (QED) is 0.571. The van der Waals surface area contributed by atoms with Gasteiger partial charge in [-0.1, -0.05) is 24.3 Å². The third-order valence-corrected chi connectivity index (χ3v) is 5.44. The molecule has 26 heavy (non-hydrogen) atoms. The van der Waals surface area contributed by atoms with E-state index < -0.39 is 0 Å². The summed E-state index contributed by atoms with van der Waals surface area (Å²) in [5.41, 5.74) is 2.54. The molecule has 0 aromatic heterocycles. The molecule has 2 fully saturated rings. The zero-order valence-corrected chi connectivity index (χ0v) is 16.4. The van der Waals surface area contributed by atoms with Crippen LogP contribution < -0.4 is 5.32 Å². The van der Waals surface area contributed by atoms with E-state index in [0.29, 0.717) is 0 Å². The average Bonchev–Trinajstić information content (AvgIpc) is 2.69. The third kappa shape index (κ3) is 6.71. The van der Waals surface area contributed by atoms with Crippen molar-refractivity contribution >= 4 is 6.21 Å². The fourth-order valence-electron chi connectivity index (χ4n) is 3.59. The van der Waals surface area contributed by atoms with Crippen LogP contribution in [0, 0.1) is 0 Å². The van der Waals surface area contributed by atoms with Crippen molar-refractivity contribution in [3.63, 3.8) is 0 Å². The number of nitrogens with zero attached hydrogens (tertiary/aromatic N) is 4. The number of nitrogens with one attached hydrogen (secondary N) is 1. The average molecular weight is 358 g/mol. The Balaban J connectivity index is 1.29. The van der Waals surface area contributed by atoms with Gasteiger partial charge in [0.25, 0.3) is 0 Å². The highest BCUT2D eigenvalue weighted by Gasteiger charge is 2.12. The molecule has 5 heteroatoms. The van der Waals surface area contributed by atoms with Crippen LogP contribution in [0.2, 0.25) is 0 Å². The summed E-state index contributed by atoms with van der Waals surface area (Å²) in [6.07, 6.45) is 7.12. The van der Waals surface area contributed by atoms with Gasteiger partial charge in [0.15, 0.2) is 0 Å². The fourth-order valence-corrected chi connectivity index (χ4v) is 3.59. The molecule has 0 aliphatic carbocycles. The van der Waals surface area contributed by atoms with Crippen molar-refractivity contribution in [2.24, 2.45) is 5.10 Å². The minimum absolute atomic E-state index is 0.951. The van der Waals surface area contributed by atoms with Crippen LogP contribution in [0.5, 0.6) is 0 Å². The van der Waals surface area contributed by atoms with E-state index in [2.05, 4.69) is 56.5 Å². The molecule has 0 amide bonds. The van der Waals surface area contributed by atoms with Crippen LogP contribution >= 0.6 is 0 Å².